The van der Waals surface area contributed by atoms with Crippen LogP contribution in [0.4, 0.5) is 0 Å². The quantitative estimate of drug-likeness (QED) is 0.171. The van der Waals surface area contributed by atoms with Crippen LogP contribution in [0, 0.1) is 0 Å². The van der Waals surface area contributed by atoms with Crippen molar-refractivity contribution in [1.82, 2.24) is 0 Å². The number of benzene rings is 9. The second-order valence-electron chi connectivity index (χ2n) is 14.2. The maximum Gasteiger partial charge on any atom is 0.136 e. The minimum absolute atomic E-state index is 0.176. The SMILES string of the molecule is [2H]c1c([2H])c([2H])c2c(-c3ccc4oc5cc6ccccc6cc5c4c3)c3c([2H])c([2H])c([2H])c([2H])c3c(-c3ccc(-c4cccc5c4C(C)(C)c4ccccc4-5)cc3)c2c1[2H]. The largest absolute Gasteiger partial charge is 0.456 e. The Balaban J connectivity index is 1.21. The molecule has 0 saturated carbocycles. The van der Waals surface area contributed by atoms with Crippen LogP contribution in [0.2, 0.25) is 0 Å². The molecule has 1 aromatic heterocycles. The average molecular weight is 671 g/mol. The van der Waals surface area contributed by atoms with Gasteiger partial charge < -0.3 is 4.42 Å². The van der Waals surface area contributed by atoms with E-state index < -0.39 is 24.2 Å². The highest BCUT2D eigenvalue weighted by atomic mass is 16.3. The summed E-state index contributed by atoms with van der Waals surface area (Å²) in [5, 5.41) is 4.40. The van der Waals surface area contributed by atoms with Crippen LogP contribution in [-0.2, 0) is 5.41 Å². The molecule has 0 radical (unpaired) electrons. The van der Waals surface area contributed by atoms with Gasteiger partial charge in [-0.2, -0.15) is 0 Å². The summed E-state index contributed by atoms with van der Waals surface area (Å²) >= 11 is 0. The highest BCUT2D eigenvalue weighted by molar-refractivity contribution is 6.22. The summed E-state index contributed by atoms with van der Waals surface area (Å²) in [7, 11) is 0. The van der Waals surface area contributed by atoms with Crippen LogP contribution in [0.15, 0.2) is 174 Å². The normalized spacial score (nSPS) is 15.5. The zero-order valence-electron chi connectivity index (χ0n) is 36.5. The molecule has 1 aliphatic carbocycles. The van der Waals surface area contributed by atoms with Crippen molar-refractivity contribution in [3.05, 3.63) is 181 Å². The fraction of sp³-hybridized carbons (Fsp3) is 0.0588. The smallest absolute Gasteiger partial charge is 0.136 e. The lowest BCUT2D eigenvalue weighted by molar-refractivity contribution is 0.662. The Labute approximate surface area is 313 Å². The third-order valence-corrected chi connectivity index (χ3v) is 11.1. The van der Waals surface area contributed by atoms with Crippen molar-refractivity contribution in [2.24, 2.45) is 0 Å². The minimum atomic E-state index is -0.432. The van der Waals surface area contributed by atoms with Crippen molar-refractivity contribution in [2.45, 2.75) is 19.3 Å². The molecule has 9 aromatic carbocycles. The van der Waals surface area contributed by atoms with Crippen molar-refractivity contribution < 1.29 is 15.4 Å². The molecule has 0 saturated heterocycles. The van der Waals surface area contributed by atoms with Gasteiger partial charge in [-0.15, -0.1) is 0 Å². The first-order chi connectivity index (χ1) is 28.9. The molecule has 0 aliphatic heterocycles. The molecule has 0 bridgehead atoms. The van der Waals surface area contributed by atoms with Crippen molar-refractivity contribution >= 4 is 54.3 Å². The molecule has 244 valence electrons. The molecule has 0 amide bonds. The Morgan fingerprint density at radius 3 is 1.69 bits per heavy atom. The topological polar surface area (TPSA) is 13.1 Å². The van der Waals surface area contributed by atoms with Gasteiger partial charge >= 0.3 is 0 Å². The van der Waals surface area contributed by atoms with Gasteiger partial charge in [-0.1, -0.05) is 159 Å². The molecule has 1 heteroatoms. The van der Waals surface area contributed by atoms with Crippen LogP contribution < -0.4 is 0 Å². The molecule has 52 heavy (non-hydrogen) atoms. The van der Waals surface area contributed by atoms with Gasteiger partial charge in [0.25, 0.3) is 0 Å². The van der Waals surface area contributed by atoms with Gasteiger partial charge in [0.2, 0.25) is 0 Å². The molecule has 0 atom stereocenters. The number of hydrogen-bond donors (Lipinski definition) is 0. The zero-order chi connectivity index (χ0) is 41.5. The molecule has 1 aliphatic rings. The van der Waals surface area contributed by atoms with Gasteiger partial charge in [0.05, 0.1) is 11.0 Å². The van der Waals surface area contributed by atoms with Gasteiger partial charge in [0.1, 0.15) is 11.2 Å². The van der Waals surface area contributed by atoms with E-state index in [4.69, 9.17) is 9.90 Å². The van der Waals surface area contributed by atoms with E-state index in [0.29, 0.717) is 33.4 Å². The maximum atomic E-state index is 9.43. The first kappa shape index (κ1) is 22.4. The predicted molar refractivity (Wildman–Crippen MR) is 220 cm³/mol. The van der Waals surface area contributed by atoms with Crippen LogP contribution in [0.25, 0.3) is 98.8 Å². The second kappa shape index (κ2) is 10.8. The Kier molecular flexibility index (Phi) is 4.64. The van der Waals surface area contributed by atoms with Crippen molar-refractivity contribution in [3.63, 3.8) is 0 Å². The first-order valence-electron chi connectivity index (χ1n) is 21.5. The van der Waals surface area contributed by atoms with E-state index in [-0.39, 0.29) is 51.1 Å². The number of furan rings is 1. The Hall–Kier alpha value is -6.44. The molecule has 1 nitrogen and oxygen atoms in total. The fourth-order valence-electron chi connectivity index (χ4n) is 8.72. The molecule has 1 heterocycles. The van der Waals surface area contributed by atoms with E-state index in [9.17, 15) is 5.48 Å². The van der Waals surface area contributed by atoms with E-state index >= 15 is 0 Å². The Morgan fingerprint density at radius 2 is 0.981 bits per heavy atom. The van der Waals surface area contributed by atoms with Crippen LogP contribution in [0.5, 0.6) is 0 Å². The van der Waals surface area contributed by atoms with E-state index in [1.807, 2.05) is 66.7 Å². The van der Waals surface area contributed by atoms with Gasteiger partial charge in [-0.3, -0.25) is 0 Å². The standard InChI is InChI=1S/C51H34O/c1-51(2)45-21-10-9-14-37(45)42-20-11-19-36(50(42)51)31-22-24-32(25-23-31)48-38-15-5-7-17-40(38)49(41-18-8-6-16-39(41)48)35-26-27-46-43(29-35)44-28-33-12-3-4-13-34(33)30-47(44)52-46/h3-30H,1-2H3/i5D,6D,7D,8D,15D,16D,17D,18D. The van der Waals surface area contributed by atoms with Crippen LogP contribution in [0.1, 0.15) is 35.9 Å². The van der Waals surface area contributed by atoms with Gasteiger partial charge in [0, 0.05) is 16.2 Å². The molecule has 0 unspecified atom stereocenters. The summed E-state index contributed by atoms with van der Waals surface area (Å²) in [5.74, 6) is 0. The number of rotatable bonds is 3. The molecular weight excluding hydrogens is 629 g/mol. The third kappa shape index (κ3) is 4.11. The summed E-state index contributed by atoms with van der Waals surface area (Å²) in [5.41, 5.74) is 9.69. The van der Waals surface area contributed by atoms with E-state index in [1.54, 1.807) is 6.07 Å². The Morgan fingerprint density at radius 1 is 0.442 bits per heavy atom. The molecule has 0 spiro atoms. The molecular formula is C51H34O. The second-order valence-corrected chi connectivity index (χ2v) is 14.2. The van der Waals surface area contributed by atoms with Gasteiger partial charge in [-0.05, 0) is 112 Å². The summed E-state index contributed by atoms with van der Waals surface area (Å²) in [6.45, 7) is 4.48. The van der Waals surface area contributed by atoms with Crippen molar-refractivity contribution in [1.29, 1.82) is 0 Å². The lowest BCUT2D eigenvalue weighted by Gasteiger charge is -2.24. The molecule has 10 aromatic rings. The average Bonchev–Trinajstić information content (AvgIpc) is 3.74. The van der Waals surface area contributed by atoms with E-state index in [1.165, 1.54) is 22.3 Å². The first-order valence-corrected chi connectivity index (χ1v) is 17.5. The lowest BCUT2D eigenvalue weighted by atomic mass is 9.78. The zero-order valence-corrected chi connectivity index (χ0v) is 28.5. The molecule has 11 rings (SSSR count). The highest BCUT2D eigenvalue weighted by Gasteiger charge is 2.37. The minimum Gasteiger partial charge on any atom is -0.456 e. The summed E-state index contributed by atoms with van der Waals surface area (Å²) in [6, 6.07) is 37.3. The monoisotopic (exact) mass is 670 g/mol. The van der Waals surface area contributed by atoms with E-state index in [2.05, 4.69) is 62.4 Å². The predicted octanol–water partition coefficient (Wildman–Crippen LogP) is 14.4. The van der Waals surface area contributed by atoms with E-state index in [0.717, 1.165) is 32.7 Å². The fourth-order valence-corrected chi connectivity index (χ4v) is 8.72. The summed E-state index contributed by atoms with van der Waals surface area (Å²) < 4.78 is 79.5. The Bertz CT molecular complexity index is 3470. The molecule has 0 N–H and O–H groups in total. The van der Waals surface area contributed by atoms with Crippen LogP contribution >= 0.6 is 0 Å². The summed E-state index contributed by atoms with van der Waals surface area (Å²) in [6.07, 6.45) is 0. The summed E-state index contributed by atoms with van der Waals surface area (Å²) in [4.78, 5) is 0. The number of fused-ring (bicyclic) bond motifs is 9. The van der Waals surface area contributed by atoms with Crippen LogP contribution in [-0.4, -0.2) is 0 Å². The van der Waals surface area contributed by atoms with Crippen LogP contribution in [0.3, 0.4) is 0 Å². The van der Waals surface area contributed by atoms with Crippen molar-refractivity contribution in [3.8, 4) is 44.5 Å². The highest BCUT2D eigenvalue weighted by Crippen LogP contribution is 2.52. The molecule has 0 fully saturated rings. The van der Waals surface area contributed by atoms with Crippen molar-refractivity contribution in [2.75, 3.05) is 0 Å². The van der Waals surface area contributed by atoms with Gasteiger partial charge in [-0.25, -0.2) is 0 Å². The number of hydrogen-bond acceptors (Lipinski definition) is 1. The van der Waals surface area contributed by atoms with Gasteiger partial charge in [0.15, 0.2) is 0 Å². The maximum absolute atomic E-state index is 9.43. The third-order valence-electron chi connectivity index (χ3n) is 11.1. The lowest BCUT2D eigenvalue weighted by Crippen LogP contribution is -2.16.